The molecule has 0 fully saturated rings. The highest BCUT2D eigenvalue weighted by Gasteiger charge is 2.25. The zero-order valence-electron chi connectivity index (χ0n) is 12.5. The van der Waals surface area contributed by atoms with Crippen LogP contribution in [0.2, 0.25) is 0 Å². The first-order valence-corrected chi connectivity index (χ1v) is 6.96. The smallest absolute Gasteiger partial charge is 0.265 e. The van der Waals surface area contributed by atoms with Crippen LogP contribution in [0.15, 0.2) is 42.5 Å². The fraction of sp³-hybridized carbons (Fsp3) is 0.235. The summed E-state index contributed by atoms with van der Waals surface area (Å²) in [5.74, 6) is 1.87. The van der Waals surface area contributed by atoms with Crippen molar-refractivity contribution in [3.63, 3.8) is 0 Å². The summed E-state index contributed by atoms with van der Waals surface area (Å²) >= 11 is 0. The van der Waals surface area contributed by atoms with Crippen LogP contribution in [-0.2, 0) is 11.3 Å². The lowest BCUT2D eigenvalue weighted by Crippen LogP contribution is -2.32. The first kappa shape index (κ1) is 14.3. The predicted octanol–water partition coefficient (Wildman–Crippen LogP) is 2.63. The van der Waals surface area contributed by atoms with Crippen molar-refractivity contribution in [1.29, 1.82) is 0 Å². The maximum absolute atomic E-state index is 12.4. The second-order valence-electron chi connectivity index (χ2n) is 4.92. The summed E-state index contributed by atoms with van der Waals surface area (Å²) in [6.07, 6.45) is 0. The summed E-state index contributed by atoms with van der Waals surface area (Å²) in [5, 5.41) is 0. The third-order valence-corrected chi connectivity index (χ3v) is 3.61. The average molecular weight is 299 g/mol. The monoisotopic (exact) mass is 299 g/mol. The van der Waals surface area contributed by atoms with Crippen molar-refractivity contribution in [2.75, 3.05) is 25.7 Å². The summed E-state index contributed by atoms with van der Waals surface area (Å²) in [6, 6.07) is 13.1. The summed E-state index contributed by atoms with van der Waals surface area (Å²) in [7, 11) is 3.19. The van der Waals surface area contributed by atoms with Gasteiger partial charge in [-0.3, -0.25) is 4.79 Å². The maximum Gasteiger partial charge on any atom is 0.265 e. The van der Waals surface area contributed by atoms with Gasteiger partial charge in [-0.25, -0.2) is 0 Å². The van der Waals surface area contributed by atoms with Crippen LogP contribution in [0.3, 0.4) is 0 Å². The van der Waals surface area contributed by atoms with Gasteiger partial charge in [-0.05, 0) is 18.2 Å². The summed E-state index contributed by atoms with van der Waals surface area (Å²) in [4.78, 5) is 14.1. The summed E-state index contributed by atoms with van der Waals surface area (Å²) < 4.78 is 16.2. The highest BCUT2D eigenvalue weighted by Crippen LogP contribution is 2.35. The van der Waals surface area contributed by atoms with E-state index in [0.717, 1.165) is 11.3 Å². The average Bonchev–Trinajstić information content (AvgIpc) is 2.74. The quantitative estimate of drug-likeness (QED) is 0.874. The standard InChI is InChI=1S/C17H17NO4/c1-20-14-7-4-6-13(9-14)18-10-12-5-3-8-15(21-2)17(12)22-11-16(18)19/h3-9H,10-11H2,1-2H3. The van der Waals surface area contributed by atoms with E-state index in [1.807, 2.05) is 42.5 Å². The number of amides is 1. The molecule has 114 valence electrons. The Labute approximate surface area is 129 Å². The van der Waals surface area contributed by atoms with E-state index in [1.54, 1.807) is 19.1 Å². The topological polar surface area (TPSA) is 48.0 Å². The molecule has 0 bridgehead atoms. The third-order valence-electron chi connectivity index (χ3n) is 3.61. The van der Waals surface area contributed by atoms with Crippen LogP contribution < -0.4 is 19.1 Å². The van der Waals surface area contributed by atoms with Gasteiger partial charge in [-0.15, -0.1) is 0 Å². The lowest BCUT2D eigenvalue weighted by molar-refractivity contribution is -0.120. The molecule has 3 rings (SSSR count). The molecule has 0 N–H and O–H groups in total. The molecule has 1 heterocycles. The van der Waals surface area contributed by atoms with Crippen LogP contribution in [0.4, 0.5) is 5.69 Å². The Kier molecular flexibility index (Phi) is 3.87. The van der Waals surface area contributed by atoms with Crippen molar-refractivity contribution in [2.45, 2.75) is 6.54 Å². The Bertz CT molecular complexity index is 699. The van der Waals surface area contributed by atoms with Crippen molar-refractivity contribution in [2.24, 2.45) is 0 Å². The largest absolute Gasteiger partial charge is 0.497 e. The van der Waals surface area contributed by atoms with E-state index in [4.69, 9.17) is 14.2 Å². The van der Waals surface area contributed by atoms with Gasteiger partial charge >= 0.3 is 0 Å². The van der Waals surface area contributed by atoms with E-state index >= 15 is 0 Å². The van der Waals surface area contributed by atoms with Gasteiger partial charge in [0, 0.05) is 17.3 Å². The van der Waals surface area contributed by atoms with Gasteiger partial charge in [0.15, 0.2) is 18.1 Å². The van der Waals surface area contributed by atoms with Gasteiger partial charge in [-0.1, -0.05) is 18.2 Å². The highest BCUT2D eigenvalue weighted by molar-refractivity contribution is 5.95. The third kappa shape index (κ3) is 2.57. The number of benzene rings is 2. The van der Waals surface area contributed by atoms with Gasteiger partial charge in [0.05, 0.1) is 20.8 Å². The second kappa shape index (κ2) is 5.97. The van der Waals surface area contributed by atoms with Crippen molar-refractivity contribution in [3.8, 4) is 17.2 Å². The molecule has 5 heteroatoms. The van der Waals surface area contributed by atoms with Crippen molar-refractivity contribution in [3.05, 3.63) is 48.0 Å². The Hall–Kier alpha value is -2.69. The molecule has 2 aromatic carbocycles. The van der Waals surface area contributed by atoms with E-state index in [9.17, 15) is 4.79 Å². The number of hydrogen-bond donors (Lipinski definition) is 0. The molecule has 0 aliphatic carbocycles. The number of fused-ring (bicyclic) bond motifs is 1. The lowest BCUT2D eigenvalue weighted by atomic mass is 10.1. The first-order valence-electron chi connectivity index (χ1n) is 6.96. The van der Waals surface area contributed by atoms with Crippen LogP contribution in [0.5, 0.6) is 17.2 Å². The minimum atomic E-state index is -0.105. The zero-order chi connectivity index (χ0) is 15.5. The molecule has 2 aromatic rings. The molecule has 0 aromatic heterocycles. The Morgan fingerprint density at radius 3 is 2.68 bits per heavy atom. The lowest BCUT2D eigenvalue weighted by Gasteiger charge is -2.20. The molecule has 0 saturated carbocycles. The molecule has 1 aliphatic rings. The molecular formula is C17H17NO4. The molecule has 0 saturated heterocycles. The fourth-order valence-corrected chi connectivity index (χ4v) is 2.49. The number of rotatable bonds is 3. The van der Waals surface area contributed by atoms with E-state index in [2.05, 4.69) is 0 Å². The number of nitrogens with zero attached hydrogens (tertiary/aromatic N) is 1. The molecule has 0 atom stereocenters. The SMILES string of the molecule is COc1cccc(N2Cc3cccc(OC)c3OCC2=O)c1. The van der Waals surface area contributed by atoms with Crippen LogP contribution in [-0.4, -0.2) is 26.7 Å². The minimum absolute atomic E-state index is 0.0232. The molecule has 1 aliphatic heterocycles. The van der Waals surface area contributed by atoms with Gasteiger partial charge in [0.1, 0.15) is 5.75 Å². The Balaban J connectivity index is 1.99. The summed E-state index contributed by atoms with van der Waals surface area (Å²) in [6.45, 7) is 0.406. The van der Waals surface area contributed by atoms with Gasteiger partial charge in [0.2, 0.25) is 0 Å². The molecule has 22 heavy (non-hydrogen) atoms. The van der Waals surface area contributed by atoms with E-state index < -0.39 is 0 Å². The predicted molar refractivity (Wildman–Crippen MR) is 82.7 cm³/mol. The second-order valence-corrected chi connectivity index (χ2v) is 4.92. The Morgan fingerprint density at radius 1 is 1.09 bits per heavy atom. The number of carbonyl (C=O) groups is 1. The van der Waals surface area contributed by atoms with Gasteiger partial charge in [-0.2, -0.15) is 0 Å². The molecular weight excluding hydrogens is 282 g/mol. The highest BCUT2D eigenvalue weighted by atomic mass is 16.5. The van der Waals surface area contributed by atoms with E-state index in [1.165, 1.54) is 0 Å². The fourth-order valence-electron chi connectivity index (χ4n) is 2.49. The van der Waals surface area contributed by atoms with Crippen LogP contribution >= 0.6 is 0 Å². The minimum Gasteiger partial charge on any atom is -0.497 e. The summed E-state index contributed by atoms with van der Waals surface area (Å²) in [5.41, 5.74) is 1.69. The van der Waals surface area contributed by atoms with Crippen LogP contribution in [0.25, 0.3) is 0 Å². The zero-order valence-corrected chi connectivity index (χ0v) is 12.5. The van der Waals surface area contributed by atoms with Gasteiger partial charge in [0.25, 0.3) is 5.91 Å². The van der Waals surface area contributed by atoms with Crippen molar-refractivity contribution < 1.29 is 19.0 Å². The number of carbonyl (C=O) groups excluding carboxylic acids is 1. The molecule has 5 nitrogen and oxygen atoms in total. The molecule has 0 radical (unpaired) electrons. The van der Waals surface area contributed by atoms with Crippen LogP contribution in [0.1, 0.15) is 5.56 Å². The molecule has 0 unspecified atom stereocenters. The van der Waals surface area contributed by atoms with Crippen LogP contribution in [0, 0.1) is 0 Å². The van der Waals surface area contributed by atoms with Crippen molar-refractivity contribution in [1.82, 2.24) is 0 Å². The van der Waals surface area contributed by atoms with E-state index in [0.29, 0.717) is 23.8 Å². The first-order chi connectivity index (χ1) is 10.7. The van der Waals surface area contributed by atoms with Gasteiger partial charge < -0.3 is 19.1 Å². The van der Waals surface area contributed by atoms with E-state index in [-0.39, 0.29) is 12.5 Å². The molecule has 1 amide bonds. The number of anilines is 1. The number of para-hydroxylation sites is 1. The number of methoxy groups -OCH3 is 2. The number of hydrogen-bond acceptors (Lipinski definition) is 4. The Morgan fingerprint density at radius 2 is 1.91 bits per heavy atom. The van der Waals surface area contributed by atoms with Crippen molar-refractivity contribution >= 4 is 11.6 Å². The normalized spacial score (nSPS) is 13.9. The number of ether oxygens (including phenoxy) is 3. The molecule has 0 spiro atoms. The maximum atomic E-state index is 12.4.